The lowest BCUT2D eigenvalue weighted by molar-refractivity contribution is 0.418. The minimum atomic E-state index is 0.702. The molecule has 0 saturated heterocycles. The van der Waals surface area contributed by atoms with E-state index in [0.29, 0.717) is 5.92 Å². The molecular weight excluding hydrogens is 254 g/mol. The van der Waals surface area contributed by atoms with Gasteiger partial charge in [0.2, 0.25) is 0 Å². The third kappa shape index (κ3) is 4.32. The van der Waals surface area contributed by atoms with Gasteiger partial charge in [0.1, 0.15) is 0 Å². The molecule has 0 aliphatic rings. The van der Waals surface area contributed by atoms with Crippen LogP contribution in [0.15, 0.2) is 17.8 Å². The molecule has 19 heavy (non-hydrogen) atoms. The van der Waals surface area contributed by atoms with Crippen molar-refractivity contribution in [3.8, 4) is 0 Å². The van der Waals surface area contributed by atoms with Gasteiger partial charge in [-0.3, -0.25) is 4.40 Å². The quantitative estimate of drug-likeness (QED) is 0.800. The Hall–Kier alpha value is -0.870. The summed E-state index contributed by atoms with van der Waals surface area (Å²) in [5.74, 6) is 1.42. The molecule has 1 N–H and O–H groups in total. The number of nitrogens with zero attached hydrogens (tertiary/aromatic N) is 2. The molecule has 1 atom stereocenters. The summed E-state index contributed by atoms with van der Waals surface area (Å²) < 4.78 is 2.13. The van der Waals surface area contributed by atoms with E-state index in [-0.39, 0.29) is 0 Å². The van der Waals surface area contributed by atoms with E-state index in [1.54, 1.807) is 11.3 Å². The van der Waals surface area contributed by atoms with Gasteiger partial charge in [-0.2, -0.15) is 0 Å². The SMILES string of the molecule is CCCC(CNCC(C)C)Cc1cn2ccsc2n1. The Labute approximate surface area is 120 Å². The number of aromatic nitrogens is 2. The number of imidazole rings is 1. The number of nitrogens with one attached hydrogen (secondary N) is 1. The van der Waals surface area contributed by atoms with Crippen LogP contribution in [0.25, 0.3) is 4.96 Å². The van der Waals surface area contributed by atoms with Crippen LogP contribution >= 0.6 is 11.3 Å². The van der Waals surface area contributed by atoms with Gasteiger partial charge in [-0.25, -0.2) is 4.98 Å². The van der Waals surface area contributed by atoms with Crippen LogP contribution in [0.4, 0.5) is 0 Å². The summed E-state index contributed by atoms with van der Waals surface area (Å²) in [6, 6.07) is 0. The van der Waals surface area contributed by atoms with Crippen molar-refractivity contribution in [3.63, 3.8) is 0 Å². The second-order valence-electron chi connectivity index (χ2n) is 5.74. The molecule has 2 aromatic heterocycles. The lowest BCUT2D eigenvalue weighted by atomic mass is 9.98. The van der Waals surface area contributed by atoms with Crippen molar-refractivity contribution in [1.82, 2.24) is 14.7 Å². The van der Waals surface area contributed by atoms with Crippen molar-refractivity contribution < 1.29 is 0 Å². The molecule has 2 rings (SSSR count). The molecule has 0 fully saturated rings. The summed E-state index contributed by atoms with van der Waals surface area (Å²) in [4.78, 5) is 5.80. The molecule has 0 bridgehead atoms. The van der Waals surface area contributed by atoms with Crippen molar-refractivity contribution in [2.75, 3.05) is 13.1 Å². The maximum atomic E-state index is 4.69. The van der Waals surface area contributed by atoms with Gasteiger partial charge in [0.05, 0.1) is 5.69 Å². The van der Waals surface area contributed by atoms with E-state index < -0.39 is 0 Å². The van der Waals surface area contributed by atoms with E-state index in [1.807, 2.05) is 0 Å². The van der Waals surface area contributed by atoms with Crippen LogP contribution in [-0.4, -0.2) is 22.5 Å². The topological polar surface area (TPSA) is 29.3 Å². The highest BCUT2D eigenvalue weighted by molar-refractivity contribution is 7.15. The zero-order valence-electron chi connectivity index (χ0n) is 12.2. The summed E-state index contributed by atoms with van der Waals surface area (Å²) in [7, 11) is 0. The van der Waals surface area contributed by atoms with E-state index in [4.69, 9.17) is 4.98 Å². The van der Waals surface area contributed by atoms with Crippen molar-refractivity contribution in [3.05, 3.63) is 23.5 Å². The van der Waals surface area contributed by atoms with Crippen molar-refractivity contribution in [1.29, 1.82) is 0 Å². The second kappa shape index (κ2) is 7.06. The highest BCUT2D eigenvalue weighted by Gasteiger charge is 2.12. The molecule has 106 valence electrons. The van der Waals surface area contributed by atoms with Crippen molar-refractivity contribution in [2.24, 2.45) is 11.8 Å². The molecule has 0 aromatic carbocycles. The molecule has 0 aliphatic heterocycles. The Bertz CT molecular complexity index is 458. The first-order valence-corrected chi connectivity index (χ1v) is 8.18. The molecule has 0 amide bonds. The minimum absolute atomic E-state index is 0.702. The predicted molar refractivity (Wildman–Crippen MR) is 82.9 cm³/mol. The van der Waals surface area contributed by atoms with E-state index in [1.165, 1.54) is 18.5 Å². The van der Waals surface area contributed by atoms with Gasteiger partial charge in [-0.05, 0) is 37.8 Å². The van der Waals surface area contributed by atoms with Crippen LogP contribution in [0.5, 0.6) is 0 Å². The van der Waals surface area contributed by atoms with E-state index in [9.17, 15) is 0 Å². The summed E-state index contributed by atoms with van der Waals surface area (Å²) in [5.41, 5.74) is 1.23. The first kappa shape index (κ1) is 14.5. The van der Waals surface area contributed by atoms with Gasteiger partial charge in [-0.15, -0.1) is 11.3 Å². The highest BCUT2D eigenvalue weighted by Crippen LogP contribution is 2.16. The second-order valence-corrected chi connectivity index (χ2v) is 6.61. The fourth-order valence-electron chi connectivity index (χ4n) is 2.43. The number of hydrogen-bond acceptors (Lipinski definition) is 3. The van der Waals surface area contributed by atoms with Gasteiger partial charge < -0.3 is 5.32 Å². The first-order chi connectivity index (χ1) is 9.19. The van der Waals surface area contributed by atoms with E-state index in [0.717, 1.165) is 30.4 Å². The van der Waals surface area contributed by atoms with Gasteiger partial charge in [0.25, 0.3) is 0 Å². The molecule has 0 aliphatic carbocycles. The summed E-state index contributed by atoms with van der Waals surface area (Å²) in [5, 5.41) is 5.67. The normalized spacial score (nSPS) is 13.5. The molecular formula is C15H25N3S. The van der Waals surface area contributed by atoms with Gasteiger partial charge in [0.15, 0.2) is 4.96 Å². The van der Waals surface area contributed by atoms with Crippen LogP contribution in [0.1, 0.15) is 39.3 Å². The molecule has 3 nitrogen and oxygen atoms in total. The van der Waals surface area contributed by atoms with Crippen molar-refractivity contribution in [2.45, 2.75) is 40.0 Å². The maximum Gasteiger partial charge on any atom is 0.193 e. The summed E-state index contributed by atoms with van der Waals surface area (Å²) in [6.07, 6.45) is 7.87. The summed E-state index contributed by atoms with van der Waals surface area (Å²) in [6.45, 7) is 8.99. The predicted octanol–water partition coefficient (Wildman–Crippen LogP) is 3.60. The molecule has 0 spiro atoms. The van der Waals surface area contributed by atoms with Gasteiger partial charge in [0, 0.05) is 17.8 Å². The largest absolute Gasteiger partial charge is 0.316 e. The Morgan fingerprint density at radius 2 is 2.21 bits per heavy atom. The van der Waals surface area contributed by atoms with Crippen molar-refractivity contribution >= 4 is 16.3 Å². The average Bonchev–Trinajstić information content (AvgIpc) is 2.89. The van der Waals surface area contributed by atoms with Gasteiger partial charge >= 0.3 is 0 Å². The Morgan fingerprint density at radius 1 is 1.37 bits per heavy atom. The lowest BCUT2D eigenvalue weighted by Crippen LogP contribution is -2.27. The monoisotopic (exact) mass is 279 g/mol. The van der Waals surface area contributed by atoms with E-state index >= 15 is 0 Å². The van der Waals surface area contributed by atoms with Crippen LogP contribution in [0, 0.1) is 11.8 Å². The van der Waals surface area contributed by atoms with Crippen LogP contribution < -0.4 is 5.32 Å². The third-order valence-electron chi connectivity index (χ3n) is 3.32. The van der Waals surface area contributed by atoms with Crippen LogP contribution in [0.3, 0.4) is 0 Å². The lowest BCUT2D eigenvalue weighted by Gasteiger charge is -2.16. The smallest absolute Gasteiger partial charge is 0.193 e. The number of hydrogen-bond donors (Lipinski definition) is 1. The van der Waals surface area contributed by atoms with E-state index in [2.05, 4.69) is 48.3 Å². The Kier molecular flexibility index (Phi) is 5.40. The molecule has 0 radical (unpaired) electrons. The summed E-state index contributed by atoms with van der Waals surface area (Å²) >= 11 is 1.71. The molecule has 1 unspecified atom stereocenters. The first-order valence-electron chi connectivity index (χ1n) is 7.30. The standard InChI is InChI=1S/C15H25N3S/c1-4-5-13(10-16-9-12(2)3)8-14-11-18-6-7-19-15(18)17-14/h6-7,11-13,16H,4-5,8-10H2,1-3H3. The minimum Gasteiger partial charge on any atom is -0.316 e. The molecule has 2 aromatic rings. The fraction of sp³-hybridized carbons (Fsp3) is 0.667. The number of fused-ring (bicyclic) bond motifs is 1. The molecule has 2 heterocycles. The molecule has 0 saturated carbocycles. The third-order valence-corrected chi connectivity index (χ3v) is 4.09. The molecule has 4 heteroatoms. The highest BCUT2D eigenvalue weighted by atomic mass is 32.1. The zero-order chi connectivity index (χ0) is 13.7. The average molecular weight is 279 g/mol. The maximum absolute atomic E-state index is 4.69. The van der Waals surface area contributed by atoms with Crippen LogP contribution in [0.2, 0.25) is 0 Å². The number of rotatable bonds is 8. The van der Waals surface area contributed by atoms with Gasteiger partial charge in [-0.1, -0.05) is 27.2 Å². The zero-order valence-corrected chi connectivity index (χ0v) is 13.0. The Morgan fingerprint density at radius 3 is 2.89 bits per heavy atom. The fourth-order valence-corrected chi connectivity index (χ4v) is 3.15. The Balaban J connectivity index is 1.89. The number of thiazole rings is 1. The van der Waals surface area contributed by atoms with Crippen LogP contribution in [-0.2, 0) is 6.42 Å².